The van der Waals surface area contributed by atoms with Gasteiger partial charge in [0.25, 0.3) is 5.69 Å². The third kappa shape index (κ3) is 9.90. The zero-order chi connectivity index (χ0) is 42.1. The first kappa shape index (κ1) is 43.4. The van der Waals surface area contributed by atoms with Crippen molar-refractivity contribution < 1.29 is 43.7 Å². The van der Waals surface area contributed by atoms with Crippen LogP contribution in [0.4, 0.5) is 11.4 Å². The van der Waals surface area contributed by atoms with Gasteiger partial charge in [0.15, 0.2) is 0 Å². The monoisotopic (exact) mass is 841 g/mol. The third-order valence-electron chi connectivity index (χ3n) is 11.8. The number of aliphatic hydroxyl groups excluding tert-OH is 2. The van der Waals surface area contributed by atoms with E-state index >= 15 is 0 Å². The van der Waals surface area contributed by atoms with Crippen molar-refractivity contribution in [2.75, 3.05) is 31.7 Å². The number of allylic oxidation sites excluding steroid dienone is 1. The van der Waals surface area contributed by atoms with E-state index in [-0.39, 0.29) is 60.3 Å². The molecule has 7 rings (SSSR count). The number of rotatable bonds is 19. The van der Waals surface area contributed by atoms with Crippen LogP contribution in [0.1, 0.15) is 82.6 Å². The van der Waals surface area contributed by atoms with E-state index in [1.165, 1.54) is 19.1 Å². The number of aliphatic hydroxyl groups is 2. The van der Waals surface area contributed by atoms with Crippen LogP contribution in [0.3, 0.4) is 0 Å². The second-order valence-electron chi connectivity index (χ2n) is 15.8. The Morgan fingerprint density at radius 3 is 2.55 bits per heavy atom. The number of fused-ring (bicyclic) bond motifs is 2. The number of hydrogen-bond acceptors (Lipinski definition) is 12. The summed E-state index contributed by atoms with van der Waals surface area (Å²) in [7, 11) is 0. The number of carbonyl (C=O) groups is 1. The number of nitro benzene ring substituents is 1. The largest absolute Gasteiger partial charge is 0.460 e. The minimum Gasteiger partial charge on any atom is -0.460 e. The van der Waals surface area contributed by atoms with E-state index in [1.807, 2.05) is 42.5 Å². The summed E-state index contributed by atoms with van der Waals surface area (Å²) in [6.45, 7) is 6.52. The van der Waals surface area contributed by atoms with Crippen molar-refractivity contribution in [2.45, 2.75) is 99.3 Å². The molecule has 3 N–H and O–H groups in total. The number of amides is 1. The van der Waals surface area contributed by atoms with Crippen LogP contribution in [-0.2, 0) is 19.1 Å². The zero-order valence-electron chi connectivity index (χ0n) is 34.0. The van der Waals surface area contributed by atoms with Crippen LogP contribution >= 0.6 is 11.8 Å². The second kappa shape index (κ2) is 20.2. The number of oxime groups is 1. The lowest BCUT2D eigenvalue weighted by Gasteiger charge is -2.58. The number of anilines is 1. The Morgan fingerprint density at radius 1 is 1.05 bits per heavy atom. The molecule has 0 radical (unpaired) electrons. The Hall–Kier alpha value is -4.73. The molecule has 4 aliphatic rings. The van der Waals surface area contributed by atoms with Crippen molar-refractivity contribution in [1.82, 2.24) is 0 Å². The molecule has 2 fully saturated rings. The molecule has 3 aromatic rings. The van der Waals surface area contributed by atoms with Crippen molar-refractivity contribution in [1.29, 1.82) is 0 Å². The number of nitro groups is 1. The van der Waals surface area contributed by atoms with Crippen LogP contribution in [0, 0.1) is 27.9 Å². The molecule has 3 aromatic carbocycles. The van der Waals surface area contributed by atoms with E-state index in [4.69, 9.17) is 28.9 Å². The van der Waals surface area contributed by atoms with Crippen LogP contribution in [0.5, 0.6) is 17.2 Å². The summed E-state index contributed by atoms with van der Waals surface area (Å²) >= 11 is 1.62. The second-order valence-corrected chi connectivity index (χ2v) is 17.1. The van der Waals surface area contributed by atoms with Gasteiger partial charge < -0.3 is 39.3 Å². The summed E-state index contributed by atoms with van der Waals surface area (Å²) in [5, 5.41) is 38.9. The van der Waals surface area contributed by atoms with E-state index in [2.05, 4.69) is 18.0 Å². The fraction of sp³-hybridized carbons (Fsp3) is 0.478. The molecule has 14 heteroatoms. The fourth-order valence-corrected chi connectivity index (χ4v) is 10.5. The number of unbranched alkanes of at least 4 members (excludes halogenated alkanes) is 2. The summed E-state index contributed by atoms with van der Waals surface area (Å²) in [6, 6.07) is 19.6. The number of nitrogens with one attached hydrogen (secondary N) is 1. The SMILES string of the molecule is C=CCO[C@@]12Oc3ccc(Oc4cccc([N+](=O)[O-])c4)cc3[C@H]3[C@H](CCCCO)[C@@H](CCCCO)C=C(C(=NOC4CCCCO4)C[C@@H]1Sc1ccc(NC(C)=O)cc1)[C@H]32. The molecule has 0 bridgehead atoms. The predicted molar refractivity (Wildman–Crippen MR) is 229 cm³/mol. The molecule has 7 atom stereocenters. The Labute approximate surface area is 355 Å². The quantitative estimate of drug-likeness (QED) is 0.0455. The van der Waals surface area contributed by atoms with E-state index < -0.39 is 17.0 Å². The summed E-state index contributed by atoms with van der Waals surface area (Å²) in [4.78, 5) is 30.2. The van der Waals surface area contributed by atoms with Crippen LogP contribution < -0.4 is 14.8 Å². The molecule has 2 aliphatic heterocycles. The molecule has 1 saturated carbocycles. The topological polar surface area (TPSA) is 171 Å². The highest BCUT2D eigenvalue weighted by atomic mass is 32.2. The molecule has 1 amide bonds. The first-order valence-electron chi connectivity index (χ1n) is 21.1. The third-order valence-corrected chi connectivity index (χ3v) is 13.1. The zero-order valence-corrected chi connectivity index (χ0v) is 34.9. The Bertz CT molecular complexity index is 2040. The first-order valence-corrected chi connectivity index (χ1v) is 21.9. The maximum Gasteiger partial charge on any atom is 0.273 e. The van der Waals surface area contributed by atoms with Gasteiger partial charge in [0.05, 0.1) is 41.1 Å². The van der Waals surface area contributed by atoms with Crippen molar-refractivity contribution in [2.24, 2.45) is 22.9 Å². The number of ether oxygens (including phenoxy) is 4. The molecule has 0 spiro atoms. The van der Waals surface area contributed by atoms with Crippen molar-refractivity contribution in [3.05, 3.63) is 107 Å². The van der Waals surface area contributed by atoms with Gasteiger partial charge in [-0.25, -0.2) is 0 Å². The van der Waals surface area contributed by atoms with E-state index in [1.54, 1.807) is 30.0 Å². The van der Waals surface area contributed by atoms with Crippen molar-refractivity contribution in [3.63, 3.8) is 0 Å². The maximum atomic E-state index is 11.8. The molecule has 0 aromatic heterocycles. The van der Waals surface area contributed by atoms with Crippen LogP contribution in [0.15, 0.2) is 101 Å². The predicted octanol–water partition coefficient (Wildman–Crippen LogP) is 9.30. The number of nitrogens with zero attached hydrogens (tertiary/aromatic N) is 2. The number of non-ortho nitro benzene ring substituents is 1. The standard InChI is InChI=1S/C46H55N3O10S/c1-3-24-56-46-42(60-36-19-16-32(17-20-36)47-30(2)52)29-40(48-59-43-15-6-9-25-55-43)38-26-31(11-4-7-22-50)37(14-5-8-23-51)44(45(38)46)39-28-35(18-21-41(39)58-46)57-34-13-10-12-33(27-34)49(53)54/h3,10,12-13,16-21,26-28,31,37,42-45,50-51H,1,4-9,11,14-15,22-25,29H2,2H3,(H,47,52)/t31-,37+,42-,43?,44+,45+,46+/m0/s1. The lowest BCUT2D eigenvalue weighted by Crippen LogP contribution is -2.64. The maximum absolute atomic E-state index is 11.8. The number of carbonyl (C=O) groups excluding carboxylic acids is 1. The number of hydrogen-bond donors (Lipinski definition) is 3. The summed E-state index contributed by atoms with van der Waals surface area (Å²) < 4.78 is 26.6. The van der Waals surface area contributed by atoms with Gasteiger partial charge in [-0.2, -0.15) is 0 Å². The summed E-state index contributed by atoms with van der Waals surface area (Å²) in [5.41, 5.74) is 3.33. The van der Waals surface area contributed by atoms with Crippen LogP contribution in [-0.4, -0.2) is 70.5 Å². The van der Waals surface area contributed by atoms with Crippen molar-refractivity contribution in [3.8, 4) is 17.2 Å². The van der Waals surface area contributed by atoms with E-state index in [0.717, 1.165) is 66.7 Å². The van der Waals surface area contributed by atoms with Crippen LogP contribution in [0.2, 0.25) is 0 Å². The Morgan fingerprint density at radius 2 is 1.83 bits per heavy atom. The lowest BCUT2D eigenvalue weighted by atomic mass is 9.56. The smallest absolute Gasteiger partial charge is 0.273 e. The molecular formula is C46H55N3O10S. The van der Waals surface area contributed by atoms with E-state index in [9.17, 15) is 25.1 Å². The molecule has 1 saturated heterocycles. The summed E-state index contributed by atoms with van der Waals surface area (Å²) in [6.07, 6.45) is 11.4. The van der Waals surface area contributed by atoms with E-state index in [0.29, 0.717) is 48.8 Å². The van der Waals surface area contributed by atoms with Crippen molar-refractivity contribution >= 4 is 34.8 Å². The Kier molecular flexibility index (Phi) is 14.6. The van der Waals surface area contributed by atoms with Gasteiger partial charge in [-0.05, 0) is 104 Å². The van der Waals surface area contributed by atoms with Gasteiger partial charge in [-0.1, -0.05) is 36.2 Å². The van der Waals surface area contributed by atoms with Crippen LogP contribution in [0.25, 0.3) is 0 Å². The highest BCUT2D eigenvalue weighted by Crippen LogP contribution is 2.63. The van der Waals surface area contributed by atoms with Gasteiger partial charge >= 0.3 is 0 Å². The van der Waals surface area contributed by atoms with Gasteiger partial charge in [0.2, 0.25) is 18.0 Å². The molecule has 2 aliphatic carbocycles. The minimum absolute atomic E-state index is 0.0657. The molecule has 2 heterocycles. The lowest BCUT2D eigenvalue weighted by molar-refractivity contribution is -0.384. The molecule has 320 valence electrons. The first-order chi connectivity index (χ1) is 29.2. The normalized spacial score (nSPS) is 26.2. The highest BCUT2D eigenvalue weighted by molar-refractivity contribution is 8.00. The molecule has 60 heavy (non-hydrogen) atoms. The van der Waals surface area contributed by atoms with Gasteiger partial charge in [0.1, 0.15) is 17.2 Å². The van der Waals surface area contributed by atoms with Gasteiger partial charge in [-0.3, -0.25) is 14.9 Å². The number of benzene rings is 3. The molecule has 1 unspecified atom stereocenters. The number of thioether (sulfide) groups is 1. The van der Waals surface area contributed by atoms with Gasteiger partial charge in [0, 0.05) is 61.1 Å². The highest BCUT2D eigenvalue weighted by Gasteiger charge is 2.64. The minimum atomic E-state index is -1.22. The molecule has 13 nitrogen and oxygen atoms in total. The fourth-order valence-electron chi connectivity index (χ4n) is 9.19. The Balaban J connectivity index is 1.39. The van der Waals surface area contributed by atoms with Gasteiger partial charge in [-0.15, -0.1) is 18.3 Å². The average Bonchev–Trinajstić information content (AvgIpc) is 3.25. The average molecular weight is 842 g/mol. The summed E-state index contributed by atoms with van der Waals surface area (Å²) in [5.74, 6) is -0.301. The molecular weight excluding hydrogens is 787 g/mol.